The second-order valence-corrected chi connectivity index (χ2v) is 7.49. The molecular weight excluding hydrogens is 434 g/mol. The topological polar surface area (TPSA) is 71.4 Å². The minimum absolute atomic E-state index is 0.108. The number of nitrogens with zero attached hydrogens (tertiary/aromatic N) is 2. The standard InChI is InChI=1S/C22H16BrN3O3/c1-14-4-2-5-18(12-14)26-21(28)19(20(27)24-22(26)29)13-17-6-3-11-25(17)16-9-7-15(23)8-10-16/h2-13H,1H3,(H,24,27,29)/b19-13+. The van der Waals surface area contributed by atoms with E-state index >= 15 is 0 Å². The van der Waals surface area contributed by atoms with E-state index in [1.165, 1.54) is 6.08 Å². The molecule has 0 saturated carbocycles. The van der Waals surface area contributed by atoms with Crippen molar-refractivity contribution in [3.63, 3.8) is 0 Å². The monoisotopic (exact) mass is 449 g/mol. The summed E-state index contributed by atoms with van der Waals surface area (Å²) in [6, 6.07) is 17.5. The number of barbiturate groups is 1. The highest BCUT2D eigenvalue weighted by molar-refractivity contribution is 9.10. The molecule has 0 bridgehead atoms. The zero-order valence-electron chi connectivity index (χ0n) is 15.4. The molecule has 1 fully saturated rings. The normalized spacial score (nSPS) is 15.7. The van der Waals surface area contributed by atoms with Crippen molar-refractivity contribution in [2.45, 2.75) is 6.92 Å². The Morgan fingerprint density at radius 3 is 2.41 bits per heavy atom. The van der Waals surface area contributed by atoms with Crippen LogP contribution in [0.3, 0.4) is 0 Å². The maximum absolute atomic E-state index is 13.0. The van der Waals surface area contributed by atoms with Crippen molar-refractivity contribution in [1.29, 1.82) is 0 Å². The average molecular weight is 450 g/mol. The lowest BCUT2D eigenvalue weighted by Crippen LogP contribution is -2.54. The van der Waals surface area contributed by atoms with Crippen molar-refractivity contribution in [2.24, 2.45) is 0 Å². The number of nitrogens with one attached hydrogen (secondary N) is 1. The van der Waals surface area contributed by atoms with Gasteiger partial charge in [-0.25, -0.2) is 9.69 Å². The molecule has 3 aromatic rings. The number of carbonyl (C=O) groups is 3. The first kappa shape index (κ1) is 18.9. The van der Waals surface area contributed by atoms with Gasteiger partial charge in [-0.1, -0.05) is 28.1 Å². The second-order valence-electron chi connectivity index (χ2n) is 6.58. The molecule has 2 aromatic carbocycles. The highest BCUT2D eigenvalue weighted by Crippen LogP contribution is 2.24. The van der Waals surface area contributed by atoms with Crippen molar-refractivity contribution in [2.75, 3.05) is 4.90 Å². The SMILES string of the molecule is Cc1cccc(N2C(=O)NC(=O)/C(=C\c3cccn3-c3ccc(Br)cc3)C2=O)c1. The van der Waals surface area contributed by atoms with E-state index in [2.05, 4.69) is 21.2 Å². The zero-order chi connectivity index (χ0) is 20.5. The summed E-state index contributed by atoms with van der Waals surface area (Å²) < 4.78 is 2.80. The van der Waals surface area contributed by atoms with Crippen LogP contribution >= 0.6 is 15.9 Å². The molecule has 0 aliphatic carbocycles. The van der Waals surface area contributed by atoms with Crippen LogP contribution in [0.2, 0.25) is 0 Å². The van der Waals surface area contributed by atoms with Crippen molar-refractivity contribution in [3.8, 4) is 5.69 Å². The summed E-state index contributed by atoms with van der Waals surface area (Å²) in [6.07, 6.45) is 3.33. The Morgan fingerprint density at radius 2 is 1.69 bits per heavy atom. The lowest BCUT2D eigenvalue weighted by Gasteiger charge is -2.26. The Bertz CT molecular complexity index is 1160. The Kier molecular flexibility index (Phi) is 4.90. The number of halogens is 1. The van der Waals surface area contributed by atoms with Crippen LogP contribution in [0.25, 0.3) is 11.8 Å². The van der Waals surface area contributed by atoms with Gasteiger partial charge in [-0.2, -0.15) is 0 Å². The predicted molar refractivity (Wildman–Crippen MR) is 114 cm³/mol. The molecule has 6 nitrogen and oxygen atoms in total. The summed E-state index contributed by atoms with van der Waals surface area (Å²) in [7, 11) is 0. The molecule has 1 N–H and O–H groups in total. The lowest BCUT2D eigenvalue weighted by molar-refractivity contribution is -0.122. The van der Waals surface area contributed by atoms with Crippen LogP contribution in [0.5, 0.6) is 0 Å². The molecule has 1 aliphatic heterocycles. The van der Waals surface area contributed by atoms with Crippen molar-refractivity contribution < 1.29 is 14.4 Å². The predicted octanol–water partition coefficient (Wildman–Crippen LogP) is 4.21. The van der Waals surface area contributed by atoms with Crippen molar-refractivity contribution in [1.82, 2.24) is 9.88 Å². The van der Waals surface area contributed by atoms with E-state index in [9.17, 15) is 14.4 Å². The van der Waals surface area contributed by atoms with Gasteiger partial charge < -0.3 is 4.57 Å². The minimum atomic E-state index is -0.758. The largest absolute Gasteiger partial charge is 0.335 e. The molecule has 4 amide bonds. The summed E-state index contributed by atoms with van der Waals surface area (Å²) >= 11 is 3.41. The summed E-state index contributed by atoms with van der Waals surface area (Å²) in [5, 5.41) is 2.25. The van der Waals surface area contributed by atoms with Gasteiger partial charge >= 0.3 is 6.03 Å². The molecule has 29 heavy (non-hydrogen) atoms. The second kappa shape index (κ2) is 7.52. The fraction of sp³-hybridized carbons (Fsp3) is 0.0455. The van der Waals surface area contributed by atoms with Crippen LogP contribution in [0, 0.1) is 6.92 Å². The van der Waals surface area contributed by atoms with Gasteiger partial charge in [0, 0.05) is 22.1 Å². The fourth-order valence-electron chi connectivity index (χ4n) is 3.16. The molecule has 2 heterocycles. The first-order chi connectivity index (χ1) is 13.9. The van der Waals surface area contributed by atoms with Gasteiger partial charge in [-0.05, 0) is 67.1 Å². The van der Waals surface area contributed by atoms with E-state index in [1.54, 1.807) is 24.3 Å². The number of hydrogen-bond acceptors (Lipinski definition) is 3. The fourth-order valence-corrected chi connectivity index (χ4v) is 3.42. The highest BCUT2D eigenvalue weighted by Gasteiger charge is 2.37. The van der Waals surface area contributed by atoms with E-state index in [4.69, 9.17) is 0 Å². The molecule has 1 aliphatic rings. The highest BCUT2D eigenvalue weighted by atomic mass is 79.9. The van der Waals surface area contributed by atoms with Crippen LogP contribution < -0.4 is 10.2 Å². The maximum atomic E-state index is 13.0. The number of aromatic nitrogens is 1. The molecular formula is C22H16BrN3O3. The van der Waals surface area contributed by atoms with Gasteiger partial charge in [0.2, 0.25) is 0 Å². The Morgan fingerprint density at radius 1 is 0.931 bits per heavy atom. The number of aryl methyl sites for hydroxylation is 1. The van der Waals surface area contributed by atoms with Crippen LogP contribution in [-0.4, -0.2) is 22.4 Å². The van der Waals surface area contributed by atoms with Crippen LogP contribution in [0.1, 0.15) is 11.3 Å². The van der Waals surface area contributed by atoms with Gasteiger partial charge in [0.25, 0.3) is 11.8 Å². The molecule has 1 aromatic heterocycles. The van der Waals surface area contributed by atoms with E-state index in [1.807, 2.05) is 54.1 Å². The number of anilines is 1. The Balaban J connectivity index is 1.75. The third-order valence-electron chi connectivity index (χ3n) is 4.54. The Labute approximate surface area is 175 Å². The number of rotatable bonds is 3. The van der Waals surface area contributed by atoms with Gasteiger partial charge in [0.1, 0.15) is 5.57 Å². The van der Waals surface area contributed by atoms with Crippen molar-refractivity contribution >= 4 is 45.5 Å². The molecule has 0 unspecified atom stereocenters. The summed E-state index contributed by atoms with van der Waals surface area (Å²) in [5.74, 6) is -1.37. The van der Waals surface area contributed by atoms with Gasteiger partial charge in [0.05, 0.1) is 5.69 Å². The first-order valence-electron chi connectivity index (χ1n) is 8.85. The van der Waals surface area contributed by atoms with Gasteiger partial charge in [-0.3, -0.25) is 14.9 Å². The number of urea groups is 1. The van der Waals surface area contributed by atoms with Crippen LogP contribution in [-0.2, 0) is 9.59 Å². The van der Waals surface area contributed by atoms with Gasteiger partial charge in [0.15, 0.2) is 0 Å². The molecule has 0 radical (unpaired) electrons. The third kappa shape index (κ3) is 3.64. The number of carbonyl (C=O) groups excluding carboxylic acids is 3. The zero-order valence-corrected chi connectivity index (χ0v) is 17.0. The summed E-state index contributed by atoms with van der Waals surface area (Å²) in [5.41, 5.74) is 2.72. The summed E-state index contributed by atoms with van der Waals surface area (Å²) in [4.78, 5) is 38.8. The van der Waals surface area contributed by atoms with Crippen LogP contribution in [0.15, 0.2) is 76.9 Å². The number of amides is 4. The molecule has 144 valence electrons. The van der Waals surface area contributed by atoms with E-state index < -0.39 is 17.8 Å². The van der Waals surface area contributed by atoms with E-state index in [0.717, 1.165) is 20.6 Å². The quantitative estimate of drug-likeness (QED) is 0.480. The number of hydrogen-bond donors (Lipinski definition) is 1. The van der Waals surface area contributed by atoms with Gasteiger partial charge in [-0.15, -0.1) is 0 Å². The lowest BCUT2D eigenvalue weighted by atomic mass is 10.1. The summed E-state index contributed by atoms with van der Waals surface area (Å²) in [6.45, 7) is 1.86. The van der Waals surface area contributed by atoms with Crippen molar-refractivity contribution in [3.05, 3.63) is 88.2 Å². The average Bonchev–Trinajstić information content (AvgIpc) is 3.14. The maximum Gasteiger partial charge on any atom is 0.335 e. The molecule has 4 rings (SSSR count). The van der Waals surface area contributed by atoms with E-state index in [0.29, 0.717) is 11.4 Å². The molecule has 7 heteroatoms. The van der Waals surface area contributed by atoms with Crippen LogP contribution in [0.4, 0.5) is 10.5 Å². The van der Waals surface area contributed by atoms with E-state index in [-0.39, 0.29) is 5.57 Å². The molecule has 0 atom stereocenters. The first-order valence-corrected chi connectivity index (χ1v) is 9.65. The number of benzene rings is 2. The number of imide groups is 2. The third-order valence-corrected chi connectivity index (χ3v) is 5.07. The smallest absolute Gasteiger partial charge is 0.317 e. The molecule has 0 spiro atoms. The molecule has 1 saturated heterocycles. The minimum Gasteiger partial charge on any atom is -0.317 e. The Hall–Kier alpha value is -3.45.